The fourth-order valence-electron chi connectivity index (χ4n) is 2.34. The van der Waals surface area contributed by atoms with E-state index in [1.165, 1.54) is 5.56 Å². The summed E-state index contributed by atoms with van der Waals surface area (Å²) in [4.78, 5) is 0. The Hall–Kier alpha value is -0.770. The Kier molecular flexibility index (Phi) is 4.87. The van der Waals surface area contributed by atoms with Gasteiger partial charge in [-0.25, -0.2) is 0 Å². The lowest BCUT2D eigenvalue weighted by Gasteiger charge is -2.30. The average Bonchev–Trinajstić information content (AvgIpc) is 2.32. The molecule has 0 amide bonds. The van der Waals surface area contributed by atoms with Crippen LogP contribution in [0, 0.1) is 5.92 Å². The van der Waals surface area contributed by atoms with Gasteiger partial charge in [0.2, 0.25) is 0 Å². The zero-order valence-corrected chi connectivity index (χ0v) is 11.7. The summed E-state index contributed by atoms with van der Waals surface area (Å²) in [6, 6.07) is 6.06. The van der Waals surface area contributed by atoms with Crippen LogP contribution in [0.25, 0.3) is 0 Å². The van der Waals surface area contributed by atoms with E-state index in [-0.39, 0.29) is 0 Å². The molecule has 0 aliphatic carbocycles. The number of hydrogen-bond donors (Lipinski definition) is 1. The summed E-state index contributed by atoms with van der Waals surface area (Å²) in [5.41, 5.74) is 1.27. The topological polar surface area (TPSA) is 30.5 Å². The third-order valence-electron chi connectivity index (χ3n) is 3.42. The predicted molar refractivity (Wildman–Crippen MR) is 73.6 cm³/mol. The van der Waals surface area contributed by atoms with Crippen LogP contribution in [0.3, 0.4) is 0 Å². The molecule has 100 valence electrons. The van der Waals surface area contributed by atoms with Crippen molar-refractivity contribution in [2.24, 2.45) is 5.92 Å². The maximum atomic E-state index is 6.19. The van der Waals surface area contributed by atoms with Gasteiger partial charge in [0.15, 0.2) is 0 Å². The van der Waals surface area contributed by atoms with Gasteiger partial charge in [-0.05, 0) is 37.1 Å². The van der Waals surface area contributed by atoms with Gasteiger partial charge >= 0.3 is 0 Å². The maximum Gasteiger partial charge on any atom is 0.137 e. The summed E-state index contributed by atoms with van der Waals surface area (Å²) >= 11 is 6.19. The minimum absolute atomic E-state index is 0.479. The second-order valence-electron chi connectivity index (χ2n) is 4.79. The number of benzene rings is 1. The summed E-state index contributed by atoms with van der Waals surface area (Å²) in [7, 11) is 3.62. The second-order valence-corrected chi connectivity index (χ2v) is 5.19. The molecule has 1 atom stereocenters. The number of ether oxygens (including phenoxy) is 2. The van der Waals surface area contributed by atoms with Crippen LogP contribution in [0.5, 0.6) is 5.75 Å². The molecule has 0 bridgehead atoms. The summed E-state index contributed by atoms with van der Waals surface area (Å²) in [6.07, 6.45) is 1.14. The highest BCUT2D eigenvalue weighted by atomic mass is 35.5. The van der Waals surface area contributed by atoms with Crippen LogP contribution in [0.15, 0.2) is 18.2 Å². The summed E-state index contributed by atoms with van der Waals surface area (Å²) < 4.78 is 10.4. The van der Waals surface area contributed by atoms with Crippen molar-refractivity contribution in [1.82, 2.24) is 5.32 Å². The lowest BCUT2D eigenvalue weighted by atomic mass is 9.87. The van der Waals surface area contributed by atoms with Gasteiger partial charge in [-0.1, -0.05) is 17.7 Å². The van der Waals surface area contributed by atoms with Crippen LogP contribution in [0.2, 0.25) is 5.02 Å². The Morgan fingerprint density at radius 1 is 1.50 bits per heavy atom. The summed E-state index contributed by atoms with van der Waals surface area (Å²) in [6.45, 7) is 2.74. The number of halogens is 1. The highest BCUT2D eigenvalue weighted by molar-refractivity contribution is 6.32. The molecule has 0 saturated carbocycles. The molecule has 1 N–H and O–H groups in total. The first-order chi connectivity index (χ1) is 8.74. The van der Waals surface area contributed by atoms with Crippen LogP contribution in [0.4, 0.5) is 0 Å². The molecule has 0 spiro atoms. The highest BCUT2D eigenvalue weighted by Crippen LogP contribution is 2.32. The standard InChI is InChI=1S/C14H20ClNO2/c1-16-7-12(5-10-8-18-9-10)11-3-4-14(17-2)13(15)6-11/h3-4,6,10,12,16H,5,7-9H2,1-2H3. The van der Waals surface area contributed by atoms with Crippen LogP contribution in [0.1, 0.15) is 17.9 Å². The molecule has 0 aromatic heterocycles. The molecule has 1 aromatic carbocycles. The minimum Gasteiger partial charge on any atom is -0.495 e. The smallest absolute Gasteiger partial charge is 0.137 e. The predicted octanol–water partition coefficient (Wildman–Crippen LogP) is 2.69. The van der Waals surface area contributed by atoms with Crippen molar-refractivity contribution in [3.63, 3.8) is 0 Å². The van der Waals surface area contributed by atoms with E-state index in [9.17, 15) is 0 Å². The van der Waals surface area contributed by atoms with E-state index >= 15 is 0 Å². The molecule has 0 radical (unpaired) electrons. The molecule has 1 aliphatic rings. The number of methoxy groups -OCH3 is 1. The van der Waals surface area contributed by atoms with E-state index in [2.05, 4.69) is 11.4 Å². The Bertz CT molecular complexity index is 393. The van der Waals surface area contributed by atoms with Gasteiger partial charge in [0.25, 0.3) is 0 Å². The van der Waals surface area contributed by atoms with Crippen LogP contribution in [-0.2, 0) is 4.74 Å². The minimum atomic E-state index is 0.479. The molecular formula is C14H20ClNO2. The van der Waals surface area contributed by atoms with Gasteiger partial charge in [-0.3, -0.25) is 0 Å². The van der Waals surface area contributed by atoms with Crippen molar-refractivity contribution in [3.05, 3.63) is 28.8 Å². The van der Waals surface area contributed by atoms with Crippen molar-refractivity contribution in [3.8, 4) is 5.75 Å². The van der Waals surface area contributed by atoms with Crippen molar-refractivity contribution < 1.29 is 9.47 Å². The Balaban J connectivity index is 2.10. The number of nitrogens with one attached hydrogen (secondary N) is 1. The normalized spacial score (nSPS) is 17.3. The van der Waals surface area contributed by atoms with Crippen molar-refractivity contribution in [1.29, 1.82) is 0 Å². The Morgan fingerprint density at radius 2 is 2.28 bits per heavy atom. The first kappa shape index (κ1) is 13.7. The average molecular weight is 270 g/mol. The number of rotatable bonds is 6. The lowest BCUT2D eigenvalue weighted by molar-refractivity contribution is -0.0384. The molecule has 18 heavy (non-hydrogen) atoms. The summed E-state index contributed by atoms with van der Waals surface area (Å²) in [5, 5.41) is 3.93. The van der Waals surface area contributed by atoms with Gasteiger partial charge in [0.1, 0.15) is 5.75 Å². The van der Waals surface area contributed by atoms with Crippen molar-refractivity contribution in [2.75, 3.05) is 33.9 Å². The number of hydrogen-bond acceptors (Lipinski definition) is 3. The quantitative estimate of drug-likeness (QED) is 0.861. The third kappa shape index (κ3) is 3.16. The third-order valence-corrected chi connectivity index (χ3v) is 3.72. The van der Waals surface area contributed by atoms with E-state index in [4.69, 9.17) is 21.1 Å². The fraction of sp³-hybridized carbons (Fsp3) is 0.571. The first-order valence-electron chi connectivity index (χ1n) is 6.30. The molecule has 2 rings (SSSR count). The zero-order valence-electron chi connectivity index (χ0n) is 10.9. The van der Waals surface area contributed by atoms with E-state index in [0.717, 1.165) is 31.9 Å². The van der Waals surface area contributed by atoms with Gasteiger partial charge < -0.3 is 14.8 Å². The van der Waals surface area contributed by atoms with Crippen LogP contribution >= 0.6 is 11.6 Å². The first-order valence-corrected chi connectivity index (χ1v) is 6.68. The highest BCUT2D eigenvalue weighted by Gasteiger charge is 2.24. The fourth-order valence-corrected chi connectivity index (χ4v) is 2.61. The van der Waals surface area contributed by atoms with Gasteiger partial charge in [0.05, 0.1) is 25.3 Å². The van der Waals surface area contributed by atoms with Gasteiger partial charge in [-0.15, -0.1) is 0 Å². The van der Waals surface area contributed by atoms with E-state index in [0.29, 0.717) is 16.9 Å². The summed E-state index contributed by atoms with van der Waals surface area (Å²) in [5.74, 6) is 1.90. The molecule has 1 heterocycles. The SMILES string of the molecule is CNCC(CC1COC1)c1ccc(OC)c(Cl)c1. The molecule has 1 unspecified atom stereocenters. The molecule has 1 fully saturated rings. The maximum absolute atomic E-state index is 6.19. The molecule has 1 saturated heterocycles. The van der Waals surface area contributed by atoms with Crippen LogP contribution < -0.4 is 10.1 Å². The van der Waals surface area contributed by atoms with Crippen LogP contribution in [-0.4, -0.2) is 33.9 Å². The lowest BCUT2D eigenvalue weighted by Crippen LogP contribution is -2.31. The Labute approximate surface area is 113 Å². The molecule has 3 nitrogen and oxygen atoms in total. The monoisotopic (exact) mass is 269 g/mol. The zero-order chi connectivity index (χ0) is 13.0. The van der Waals surface area contributed by atoms with Crippen molar-refractivity contribution >= 4 is 11.6 Å². The number of likely N-dealkylation sites (N-methyl/N-ethyl adjacent to an activating group) is 1. The molecule has 4 heteroatoms. The van der Waals surface area contributed by atoms with Gasteiger partial charge in [-0.2, -0.15) is 0 Å². The molecule has 1 aliphatic heterocycles. The Morgan fingerprint density at radius 3 is 2.78 bits per heavy atom. The van der Waals surface area contributed by atoms with E-state index in [1.807, 2.05) is 19.2 Å². The largest absolute Gasteiger partial charge is 0.495 e. The van der Waals surface area contributed by atoms with E-state index in [1.54, 1.807) is 7.11 Å². The second kappa shape index (κ2) is 6.41. The molecule has 1 aromatic rings. The van der Waals surface area contributed by atoms with E-state index < -0.39 is 0 Å². The van der Waals surface area contributed by atoms with Crippen molar-refractivity contribution in [2.45, 2.75) is 12.3 Å². The molecular weight excluding hydrogens is 250 g/mol. The van der Waals surface area contributed by atoms with Gasteiger partial charge in [0, 0.05) is 12.5 Å².